The lowest BCUT2D eigenvalue weighted by Crippen LogP contribution is -2.29. The highest BCUT2D eigenvalue weighted by Gasteiger charge is 2.13. The quantitative estimate of drug-likeness (QED) is 0.747. The van der Waals surface area contributed by atoms with Crippen molar-refractivity contribution in [3.8, 4) is 0 Å². The largest absolute Gasteiger partial charge is 0.422 e. The van der Waals surface area contributed by atoms with Crippen molar-refractivity contribution in [1.82, 2.24) is 5.32 Å². The Labute approximate surface area is 137 Å². The Hall–Kier alpha value is -2.59. The monoisotopic (exact) mass is 327 g/mol. The third-order valence-electron chi connectivity index (χ3n) is 3.48. The molecule has 5 heteroatoms. The summed E-state index contributed by atoms with van der Waals surface area (Å²) in [5.74, 6) is -0.448. The molecule has 116 valence electrons. The van der Waals surface area contributed by atoms with Crippen LogP contribution in [0.4, 0.5) is 0 Å². The van der Waals surface area contributed by atoms with Gasteiger partial charge in [0.2, 0.25) is 0 Å². The van der Waals surface area contributed by atoms with E-state index in [2.05, 4.69) is 5.32 Å². The number of nitrogens with one attached hydrogen (secondary N) is 1. The molecule has 0 fully saturated rings. The second kappa shape index (κ2) is 6.67. The topological polar surface area (TPSA) is 59.3 Å². The zero-order valence-corrected chi connectivity index (χ0v) is 13.0. The molecule has 0 aliphatic rings. The molecule has 3 aromatic rings. The van der Waals surface area contributed by atoms with Crippen LogP contribution in [0.3, 0.4) is 0 Å². The van der Waals surface area contributed by atoms with Gasteiger partial charge in [0.25, 0.3) is 5.91 Å². The number of fused-ring (bicyclic) bond motifs is 1. The second-order valence-corrected chi connectivity index (χ2v) is 5.56. The highest BCUT2D eigenvalue weighted by atomic mass is 35.5. The third-order valence-corrected chi connectivity index (χ3v) is 3.72. The summed E-state index contributed by atoms with van der Waals surface area (Å²) >= 11 is 5.92. The van der Waals surface area contributed by atoms with Crippen molar-refractivity contribution in [3.05, 3.63) is 81.2 Å². The van der Waals surface area contributed by atoms with Crippen molar-refractivity contribution in [2.24, 2.45) is 0 Å². The van der Waals surface area contributed by atoms with Crippen molar-refractivity contribution < 1.29 is 9.21 Å². The van der Waals surface area contributed by atoms with E-state index in [4.69, 9.17) is 16.0 Å². The van der Waals surface area contributed by atoms with Crippen molar-refractivity contribution in [3.63, 3.8) is 0 Å². The molecule has 1 aromatic heterocycles. The average molecular weight is 328 g/mol. The fourth-order valence-electron chi connectivity index (χ4n) is 2.31. The van der Waals surface area contributed by atoms with Crippen molar-refractivity contribution in [2.45, 2.75) is 6.42 Å². The first kappa shape index (κ1) is 15.3. The molecule has 0 spiro atoms. The maximum absolute atomic E-state index is 12.2. The Kier molecular flexibility index (Phi) is 4.44. The van der Waals surface area contributed by atoms with Gasteiger partial charge in [0, 0.05) is 17.0 Å². The average Bonchev–Trinajstić information content (AvgIpc) is 2.55. The third kappa shape index (κ3) is 3.60. The Bertz CT molecular complexity index is 903. The maximum atomic E-state index is 12.2. The molecule has 2 aromatic carbocycles. The van der Waals surface area contributed by atoms with Gasteiger partial charge in [0.15, 0.2) is 0 Å². The standard InChI is InChI=1S/C18H14ClNO3/c19-14-6-7-16-13(10-14)11-15(18(22)23-16)17(21)20-9-8-12-4-2-1-3-5-12/h1-7,10-11H,8-9H2,(H,20,21). The lowest BCUT2D eigenvalue weighted by atomic mass is 10.1. The summed E-state index contributed by atoms with van der Waals surface area (Å²) in [5, 5.41) is 3.87. The van der Waals surface area contributed by atoms with E-state index in [9.17, 15) is 9.59 Å². The molecular weight excluding hydrogens is 314 g/mol. The fourth-order valence-corrected chi connectivity index (χ4v) is 2.49. The van der Waals surface area contributed by atoms with Crippen molar-refractivity contribution in [1.29, 1.82) is 0 Å². The van der Waals surface area contributed by atoms with Gasteiger partial charge < -0.3 is 9.73 Å². The smallest absolute Gasteiger partial charge is 0.349 e. The van der Waals surface area contributed by atoms with Crippen LogP contribution in [0.5, 0.6) is 0 Å². The molecule has 4 nitrogen and oxygen atoms in total. The first-order valence-electron chi connectivity index (χ1n) is 7.19. The first-order chi connectivity index (χ1) is 11.1. The molecule has 0 atom stereocenters. The second-order valence-electron chi connectivity index (χ2n) is 5.12. The van der Waals surface area contributed by atoms with Crippen LogP contribution >= 0.6 is 11.6 Å². The Morgan fingerprint density at radius 3 is 2.65 bits per heavy atom. The van der Waals surface area contributed by atoms with Gasteiger partial charge in [0.1, 0.15) is 11.1 Å². The van der Waals surface area contributed by atoms with Crippen LogP contribution in [0.25, 0.3) is 11.0 Å². The molecule has 1 heterocycles. The van der Waals surface area contributed by atoms with Gasteiger partial charge in [-0.2, -0.15) is 0 Å². The minimum Gasteiger partial charge on any atom is -0.422 e. The Morgan fingerprint density at radius 1 is 1.09 bits per heavy atom. The number of carbonyl (C=O) groups is 1. The van der Waals surface area contributed by atoms with E-state index < -0.39 is 11.5 Å². The summed E-state index contributed by atoms with van der Waals surface area (Å²) in [5.41, 5.74) is 0.843. The number of amides is 1. The molecule has 3 rings (SSSR count). The molecule has 23 heavy (non-hydrogen) atoms. The minimum absolute atomic E-state index is 0.0205. The van der Waals surface area contributed by atoms with Gasteiger partial charge in [-0.05, 0) is 36.2 Å². The molecule has 0 aliphatic heterocycles. The van der Waals surface area contributed by atoms with Crippen molar-refractivity contribution >= 4 is 28.5 Å². The summed E-state index contributed by atoms with van der Waals surface area (Å²) in [6, 6.07) is 16.2. The molecule has 0 saturated carbocycles. The normalized spacial score (nSPS) is 10.7. The van der Waals surface area contributed by atoms with Gasteiger partial charge in [-0.1, -0.05) is 41.9 Å². The zero-order valence-electron chi connectivity index (χ0n) is 12.2. The molecular formula is C18H14ClNO3. The van der Waals surface area contributed by atoms with Gasteiger partial charge >= 0.3 is 5.63 Å². The molecule has 0 aliphatic carbocycles. The summed E-state index contributed by atoms with van der Waals surface area (Å²) in [7, 11) is 0. The van der Waals surface area contributed by atoms with Crippen LogP contribution in [-0.2, 0) is 6.42 Å². The highest BCUT2D eigenvalue weighted by Crippen LogP contribution is 2.18. The predicted molar refractivity (Wildman–Crippen MR) is 90.0 cm³/mol. The minimum atomic E-state index is -0.656. The van der Waals surface area contributed by atoms with Crippen LogP contribution in [0.2, 0.25) is 5.02 Å². The summed E-state index contributed by atoms with van der Waals surface area (Å²) < 4.78 is 5.16. The van der Waals surface area contributed by atoms with Gasteiger partial charge in [-0.15, -0.1) is 0 Å². The Balaban J connectivity index is 1.75. The maximum Gasteiger partial charge on any atom is 0.349 e. The summed E-state index contributed by atoms with van der Waals surface area (Å²) in [6.45, 7) is 0.440. The van der Waals surface area contributed by atoms with Gasteiger partial charge in [-0.3, -0.25) is 4.79 Å². The van der Waals surface area contributed by atoms with E-state index in [-0.39, 0.29) is 5.56 Å². The highest BCUT2D eigenvalue weighted by molar-refractivity contribution is 6.31. The number of hydrogen-bond acceptors (Lipinski definition) is 3. The van der Waals surface area contributed by atoms with Crippen molar-refractivity contribution in [2.75, 3.05) is 6.54 Å². The Morgan fingerprint density at radius 2 is 1.87 bits per heavy atom. The van der Waals surface area contributed by atoms with E-state index in [1.807, 2.05) is 30.3 Å². The zero-order chi connectivity index (χ0) is 16.2. The van der Waals surface area contributed by atoms with E-state index in [0.717, 1.165) is 5.56 Å². The SMILES string of the molecule is O=C(NCCc1ccccc1)c1cc2cc(Cl)ccc2oc1=O. The number of hydrogen-bond donors (Lipinski definition) is 1. The summed E-state index contributed by atoms with van der Waals surface area (Å²) in [4.78, 5) is 24.1. The number of carbonyl (C=O) groups excluding carboxylic acids is 1. The molecule has 1 N–H and O–H groups in total. The molecule has 1 amide bonds. The van der Waals surface area contributed by atoms with Gasteiger partial charge in [-0.25, -0.2) is 4.79 Å². The van der Waals surface area contributed by atoms with Crippen LogP contribution in [-0.4, -0.2) is 12.5 Å². The van der Waals surface area contributed by atoms with Crippen LogP contribution in [0, 0.1) is 0 Å². The van der Waals surface area contributed by atoms with E-state index in [1.165, 1.54) is 6.07 Å². The first-order valence-corrected chi connectivity index (χ1v) is 7.57. The molecule has 0 unspecified atom stereocenters. The van der Waals surface area contributed by atoms with Crippen LogP contribution in [0.15, 0.2) is 63.8 Å². The van der Waals surface area contributed by atoms with E-state index in [1.54, 1.807) is 18.2 Å². The molecule has 0 bridgehead atoms. The van der Waals surface area contributed by atoms with Gasteiger partial charge in [0.05, 0.1) is 0 Å². The van der Waals surface area contributed by atoms with E-state index in [0.29, 0.717) is 29.0 Å². The fraction of sp³-hybridized carbons (Fsp3) is 0.111. The number of halogens is 1. The van der Waals surface area contributed by atoms with Crippen LogP contribution < -0.4 is 10.9 Å². The number of rotatable bonds is 4. The summed E-state index contributed by atoms with van der Waals surface area (Å²) in [6.07, 6.45) is 0.692. The molecule has 0 saturated heterocycles. The lowest BCUT2D eigenvalue weighted by molar-refractivity contribution is 0.0950. The van der Waals surface area contributed by atoms with Crippen LogP contribution in [0.1, 0.15) is 15.9 Å². The predicted octanol–water partition coefficient (Wildman–Crippen LogP) is 3.42. The van der Waals surface area contributed by atoms with E-state index >= 15 is 0 Å². The number of benzene rings is 2. The molecule has 0 radical (unpaired) electrons. The lowest BCUT2D eigenvalue weighted by Gasteiger charge is -2.05.